The summed E-state index contributed by atoms with van der Waals surface area (Å²) in [4.78, 5) is 24.1. The Balaban J connectivity index is 1.75. The molecule has 1 N–H and O–H groups in total. The molecule has 0 radical (unpaired) electrons. The van der Waals surface area contributed by atoms with Crippen LogP contribution in [0.25, 0.3) is 0 Å². The summed E-state index contributed by atoms with van der Waals surface area (Å²) < 4.78 is 10.8. The van der Waals surface area contributed by atoms with E-state index in [0.717, 1.165) is 24.2 Å². The molecule has 2 rings (SSSR count). The maximum atomic E-state index is 12.2. The third kappa shape index (κ3) is 7.60. The van der Waals surface area contributed by atoms with Crippen molar-refractivity contribution in [3.8, 4) is 5.75 Å². The molecule has 0 spiro atoms. The number of nitrogens with one attached hydrogen (secondary N) is 1. The molecule has 1 amide bonds. The molecule has 156 valence electrons. The average Bonchev–Trinajstić information content (AvgIpc) is 2.71. The van der Waals surface area contributed by atoms with Gasteiger partial charge in [0.1, 0.15) is 18.9 Å². The molecule has 0 fully saturated rings. The Labute approximate surface area is 173 Å². The van der Waals surface area contributed by atoms with E-state index >= 15 is 0 Å². The van der Waals surface area contributed by atoms with E-state index in [2.05, 4.69) is 33.0 Å². The van der Waals surface area contributed by atoms with Gasteiger partial charge in [-0.2, -0.15) is 0 Å². The minimum atomic E-state index is -0.474. The Bertz CT molecular complexity index is 789. The highest BCUT2D eigenvalue weighted by atomic mass is 16.5. The zero-order chi connectivity index (χ0) is 21.3. The second kappa shape index (κ2) is 10.6. The molecule has 0 aliphatic carbocycles. The summed E-state index contributed by atoms with van der Waals surface area (Å²) in [6.45, 7) is 9.22. The number of amides is 1. The molecule has 0 heterocycles. The lowest BCUT2D eigenvalue weighted by atomic mass is 9.87. The Morgan fingerprint density at radius 2 is 1.62 bits per heavy atom. The molecule has 5 nitrogen and oxygen atoms in total. The Kier molecular flexibility index (Phi) is 8.25. The first kappa shape index (κ1) is 22.5. The van der Waals surface area contributed by atoms with E-state index < -0.39 is 5.97 Å². The first-order valence-corrected chi connectivity index (χ1v) is 10.1. The van der Waals surface area contributed by atoms with Crippen molar-refractivity contribution in [2.24, 2.45) is 0 Å². The Morgan fingerprint density at radius 3 is 2.21 bits per heavy atom. The van der Waals surface area contributed by atoms with Gasteiger partial charge in [-0.25, -0.2) is 0 Å². The number of benzene rings is 2. The number of carbonyl (C=O) groups excluding carboxylic acids is 2. The van der Waals surface area contributed by atoms with Crippen LogP contribution in [0.15, 0.2) is 48.5 Å². The first-order chi connectivity index (χ1) is 13.8. The SMILES string of the molecule is CCCCOc1ccc(C(=O)NCC(=O)OCc2ccc(C(C)(C)C)cc2)cc1. The van der Waals surface area contributed by atoms with Crippen LogP contribution in [0, 0.1) is 0 Å². The Hall–Kier alpha value is -2.82. The summed E-state index contributed by atoms with van der Waals surface area (Å²) in [7, 11) is 0. The van der Waals surface area contributed by atoms with Gasteiger partial charge in [0.05, 0.1) is 6.61 Å². The number of hydrogen-bond donors (Lipinski definition) is 1. The number of hydrogen-bond acceptors (Lipinski definition) is 4. The fraction of sp³-hybridized carbons (Fsp3) is 0.417. The van der Waals surface area contributed by atoms with Crippen LogP contribution in [-0.4, -0.2) is 25.0 Å². The molecule has 0 aromatic heterocycles. The normalized spacial score (nSPS) is 11.0. The largest absolute Gasteiger partial charge is 0.494 e. The molecule has 0 aliphatic rings. The minimum Gasteiger partial charge on any atom is -0.494 e. The van der Waals surface area contributed by atoms with Crippen LogP contribution in [0.5, 0.6) is 5.75 Å². The lowest BCUT2D eigenvalue weighted by Gasteiger charge is -2.19. The quantitative estimate of drug-likeness (QED) is 0.495. The van der Waals surface area contributed by atoms with Crippen molar-refractivity contribution in [3.05, 3.63) is 65.2 Å². The summed E-state index contributed by atoms with van der Waals surface area (Å²) in [6.07, 6.45) is 2.06. The molecule has 2 aromatic rings. The number of carbonyl (C=O) groups is 2. The fourth-order valence-electron chi connectivity index (χ4n) is 2.61. The molecule has 5 heteroatoms. The second-order valence-corrected chi connectivity index (χ2v) is 8.02. The van der Waals surface area contributed by atoms with Gasteiger partial charge in [-0.1, -0.05) is 58.4 Å². The third-order valence-electron chi connectivity index (χ3n) is 4.50. The van der Waals surface area contributed by atoms with Gasteiger partial charge < -0.3 is 14.8 Å². The van der Waals surface area contributed by atoms with E-state index in [0.29, 0.717) is 12.2 Å². The van der Waals surface area contributed by atoms with Gasteiger partial charge in [0.2, 0.25) is 0 Å². The van der Waals surface area contributed by atoms with E-state index in [1.807, 2.05) is 24.3 Å². The fourth-order valence-corrected chi connectivity index (χ4v) is 2.61. The van der Waals surface area contributed by atoms with E-state index in [1.54, 1.807) is 24.3 Å². The second-order valence-electron chi connectivity index (χ2n) is 8.02. The van der Waals surface area contributed by atoms with Gasteiger partial charge in [-0.3, -0.25) is 9.59 Å². The van der Waals surface area contributed by atoms with Gasteiger partial charge in [-0.15, -0.1) is 0 Å². The van der Waals surface area contributed by atoms with Gasteiger partial charge >= 0.3 is 5.97 Å². The van der Waals surface area contributed by atoms with Crippen LogP contribution in [-0.2, 0) is 21.6 Å². The molecule has 0 aliphatic heterocycles. The number of unbranched alkanes of at least 4 members (excludes halogenated alkanes) is 1. The van der Waals surface area contributed by atoms with E-state index in [-0.39, 0.29) is 24.5 Å². The van der Waals surface area contributed by atoms with Crippen molar-refractivity contribution in [2.75, 3.05) is 13.2 Å². The Morgan fingerprint density at radius 1 is 0.966 bits per heavy atom. The lowest BCUT2D eigenvalue weighted by molar-refractivity contribution is -0.143. The van der Waals surface area contributed by atoms with Crippen molar-refractivity contribution in [1.29, 1.82) is 0 Å². The number of rotatable bonds is 9. The maximum absolute atomic E-state index is 12.2. The van der Waals surface area contributed by atoms with Crippen LogP contribution in [0.4, 0.5) is 0 Å². The number of esters is 1. The predicted molar refractivity (Wildman–Crippen MR) is 114 cm³/mol. The van der Waals surface area contributed by atoms with E-state index in [4.69, 9.17) is 9.47 Å². The van der Waals surface area contributed by atoms with Crippen LogP contribution >= 0.6 is 0 Å². The lowest BCUT2D eigenvalue weighted by Crippen LogP contribution is -2.30. The molecular weight excluding hydrogens is 366 g/mol. The highest BCUT2D eigenvalue weighted by molar-refractivity contribution is 5.96. The monoisotopic (exact) mass is 397 g/mol. The molecular formula is C24H31NO4. The number of ether oxygens (including phenoxy) is 2. The summed E-state index contributed by atoms with van der Waals surface area (Å²) >= 11 is 0. The smallest absolute Gasteiger partial charge is 0.325 e. The van der Waals surface area contributed by atoms with Gasteiger partial charge in [-0.05, 0) is 47.2 Å². The molecule has 0 atom stereocenters. The van der Waals surface area contributed by atoms with Gasteiger partial charge in [0.25, 0.3) is 5.91 Å². The molecule has 0 bridgehead atoms. The summed E-state index contributed by atoms with van der Waals surface area (Å²) in [5.74, 6) is -0.0683. The topological polar surface area (TPSA) is 64.6 Å². The molecule has 0 saturated heterocycles. The van der Waals surface area contributed by atoms with Crippen LogP contribution in [0.3, 0.4) is 0 Å². The molecule has 0 unspecified atom stereocenters. The van der Waals surface area contributed by atoms with Crippen molar-refractivity contribution in [3.63, 3.8) is 0 Å². The maximum Gasteiger partial charge on any atom is 0.325 e. The highest BCUT2D eigenvalue weighted by Gasteiger charge is 2.13. The van der Waals surface area contributed by atoms with Crippen LogP contribution in [0.1, 0.15) is 62.0 Å². The van der Waals surface area contributed by atoms with Crippen molar-refractivity contribution in [2.45, 2.75) is 52.6 Å². The van der Waals surface area contributed by atoms with Crippen LogP contribution in [0.2, 0.25) is 0 Å². The first-order valence-electron chi connectivity index (χ1n) is 10.1. The summed E-state index contributed by atoms with van der Waals surface area (Å²) in [5.41, 5.74) is 2.69. The highest BCUT2D eigenvalue weighted by Crippen LogP contribution is 2.22. The van der Waals surface area contributed by atoms with Gasteiger partial charge in [0.15, 0.2) is 0 Å². The molecule has 29 heavy (non-hydrogen) atoms. The molecule has 0 saturated carbocycles. The third-order valence-corrected chi connectivity index (χ3v) is 4.50. The molecule has 2 aromatic carbocycles. The zero-order valence-electron chi connectivity index (χ0n) is 17.8. The van der Waals surface area contributed by atoms with E-state index in [1.165, 1.54) is 5.56 Å². The zero-order valence-corrected chi connectivity index (χ0v) is 17.8. The van der Waals surface area contributed by atoms with E-state index in [9.17, 15) is 9.59 Å². The average molecular weight is 398 g/mol. The summed E-state index contributed by atoms with van der Waals surface area (Å²) in [5, 5.41) is 2.58. The van der Waals surface area contributed by atoms with Gasteiger partial charge in [0, 0.05) is 5.56 Å². The van der Waals surface area contributed by atoms with Crippen LogP contribution < -0.4 is 10.1 Å². The minimum absolute atomic E-state index is 0.0827. The van der Waals surface area contributed by atoms with Crippen molar-refractivity contribution < 1.29 is 19.1 Å². The summed E-state index contributed by atoms with van der Waals surface area (Å²) in [6, 6.07) is 14.9. The van der Waals surface area contributed by atoms with Crippen molar-refractivity contribution >= 4 is 11.9 Å². The predicted octanol–water partition coefficient (Wildman–Crippen LogP) is 4.64. The van der Waals surface area contributed by atoms with Crippen molar-refractivity contribution in [1.82, 2.24) is 5.32 Å². The standard InChI is InChI=1S/C24H31NO4/c1-5-6-15-28-21-13-9-19(10-14-21)23(27)25-16-22(26)29-17-18-7-11-20(12-8-18)24(2,3)4/h7-14H,5-6,15-17H2,1-4H3,(H,25,27).